The molecule has 96 valence electrons. The molecule has 2 rings (SSSR count). The van der Waals surface area contributed by atoms with Gasteiger partial charge in [0.1, 0.15) is 5.75 Å². The molecule has 1 heterocycles. The van der Waals surface area contributed by atoms with Gasteiger partial charge in [0.25, 0.3) is 5.91 Å². The van der Waals surface area contributed by atoms with Gasteiger partial charge in [0.2, 0.25) is 0 Å². The average Bonchev–Trinajstić information content (AvgIpc) is 2.73. The Morgan fingerprint density at radius 1 is 1.42 bits per heavy atom. The normalized spacial score (nSPS) is 18.6. The van der Waals surface area contributed by atoms with Gasteiger partial charge in [0.15, 0.2) is 5.17 Å². The third kappa shape index (κ3) is 3.63. The second kappa shape index (κ2) is 6.12. The van der Waals surface area contributed by atoms with Gasteiger partial charge in [-0.3, -0.25) is 9.79 Å². The molecule has 0 saturated carbocycles. The SMILES string of the molecule is C#CCCN=C1NC(=O)/C(=C/c2ccc(O)cc2)S1. The van der Waals surface area contributed by atoms with Crippen LogP contribution in [0.2, 0.25) is 0 Å². The number of carbonyl (C=O) groups excluding carboxylic acids is 1. The van der Waals surface area contributed by atoms with Crippen LogP contribution in [-0.4, -0.2) is 22.7 Å². The minimum Gasteiger partial charge on any atom is -0.508 e. The highest BCUT2D eigenvalue weighted by molar-refractivity contribution is 8.18. The van der Waals surface area contributed by atoms with Crippen molar-refractivity contribution in [3.05, 3.63) is 34.7 Å². The Balaban J connectivity index is 2.09. The first-order valence-electron chi connectivity index (χ1n) is 5.67. The molecule has 0 unspecified atom stereocenters. The Labute approximate surface area is 115 Å². The van der Waals surface area contributed by atoms with E-state index in [1.54, 1.807) is 30.3 Å². The number of phenols is 1. The molecule has 1 aromatic rings. The maximum absolute atomic E-state index is 11.7. The van der Waals surface area contributed by atoms with E-state index in [1.165, 1.54) is 11.8 Å². The number of aliphatic imine (C=N–C) groups is 1. The van der Waals surface area contributed by atoms with Crippen LogP contribution in [-0.2, 0) is 4.79 Å². The third-order valence-corrected chi connectivity index (χ3v) is 3.30. The van der Waals surface area contributed by atoms with Crippen molar-refractivity contribution in [1.82, 2.24) is 5.32 Å². The Bertz CT molecular complexity index is 582. The Kier molecular flexibility index (Phi) is 4.26. The summed E-state index contributed by atoms with van der Waals surface area (Å²) in [6.07, 6.45) is 7.44. The van der Waals surface area contributed by atoms with E-state index in [4.69, 9.17) is 6.42 Å². The Morgan fingerprint density at radius 2 is 2.16 bits per heavy atom. The minimum atomic E-state index is -0.169. The van der Waals surface area contributed by atoms with Crippen LogP contribution >= 0.6 is 11.8 Å². The molecule has 1 amide bonds. The molecular formula is C14H12N2O2S. The van der Waals surface area contributed by atoms with Gasteiger partial charge in [-0.05, 0) is 35.5 Å². The van der Waals surface area contributed by atoms with Crippen molar-refractivity contribution in [3.8, 4) is 18.1 Å². The fourth-order valence-electron chi connectivity index (χ4n) is 1.45. The summed E-state index contributed by atoms with van der Waals surface area (Å²) in [6.45, 7) is 0.506. The number of aromatic hydroxyl groups is 1. The molecule has 0 atom stereocenters. The van der Waals surface area contributed by atoms with E-state index >= 15 is 0 Å². The van der Waals surface area contributed by atoms with Crippen LogP contribution in [0.5, 0.6) is 5.75 Å². The highest BCUT2D eigenvalue weighted by atomic mass is 32.2. The monoisotopic (exact) mass is 272 g/mol. The summed E-state index contributed by atoms with van der Waals surface area (Å²) in [5.74, 6) is 2.52. The summed E-state index contributed by atoms with van der Waals surface area (Å²) >= 11 is 1.29. The maximum atomic E-state index is 11.7. The molecule has 5 heteroatoms. The maximum Gasteiger partial charge on any atom is 0.264 e. The molecule has 0 spiro atoms. The van der Waals surface area contributed by atoms with E-state index in [9.17, 15) is 9.90 Å². The van der Waals surface area contributed by atoms with Crippen LogP contribution in [0.1, 0.15) is 12.0 Å². The van der Waals surface area contributed by atoms with Gasteiger partial charge >= 0.3 is 0 Å². The smallest absolute Gasteiger partial charge is 0.264 e. The van der Waals surface area contributed by atoms with Crippen LogP contribution in [0.3, 0.4) is 0 Å². The van der Waals surface area contributed by atoms with Crippen molar-refractivity contribution in [2.45, 2.75) is 6.42 Å². The lowest BCUT2D eigenvalue weighted by Crippen LogP contribution is -2.19. The number of hydrogen-bond acceptors (Lipinski definition) is 4. The first-order valence-corrected chi connectivity index (χ1v) is 6.48. The van der Waals surface area contributed by atoms with E-state index in [0.29, 0.717) is 23.0 Å². The van der Waals surface area contributed by atoms with Crippen LogP contribution in [0.15, 0.2) is 34.2 Å². The number of rotatable bonds is 3. The number of terminal acetylenes is 1. The topological polar surface area (TPSA) is 61.7 Å². The molecule has 1 aromatic carbocycles. The molecule has 0 aromatic heterocycles. The molecule has 2 N–H and O–H groups in total. The molecule has 0 bridgehead atoms. The van der Waals surface area contributed by atoms with Gasteiger partial charge in [0.05, 0.1) is 11.4 Å². The number of nitrogens with one attached hydrogen (secondary N) is 1. The molecule has 0 radical (unpaired) electrons. The predicted molar refractivity (Wildman–Crippen MR) is 77.6 cm³/mol. The number of phenolic OH excluding ortho intramolecular Hbond substituents is 1. The standard InChI is InChI=1S/C14H12N2O2S/c1-2-3-8-15-14-16-13(18)12(19-14)9-10-4-6-11(17)7-5-10/h1,4-7,9,17H,3,8H2,(H,15,16,18)/b12-9-. The van der Waals surface area contributed by atoms with Crippen molar-refractivity contribution >= 4 is 28.9 Å². The number of amides is 1. The van der Waals surface area contributed by atoms with E-state index in [0.717, 1.165) is 5.56 Å². The fraction of sp³-hybridized carbons (Fsp3) is 0.143. The molecule has 4 nitrogen and oxygen atoms in total. The number of thioether (sulfide) groups is 1. The van der Waals surface area contributed by atoms with Gasteiger partial charge < -0.3 is 10.4 Å². The van der Waals surface area contributed by atoms with Crippen LogP contribution in [0.4, 0.5) is 0 Å². The first kappa shape index (κ1) is 13.2. The summed E-state index contributed by atoms with van der Waals surface area (Å²) in [5.41, 5.74) is 0.848. The number of carbonyl (C=O) groups is 1. The lowest BCUT2D eigenvalue weighted by atomic mass is 10.2. The van der Waals surface area contributed by atoms with Gasteiger partial charge in [-0.25, -0.2) is 0 Å². The summed E-state index contributed by atoms with van der Waals surface area (Å²) < 4.78 is 0. The fourth-order valence-corrected chi connectivity index (χ4v) is 2.29. The minimum absolute atomic E-state index is 0.169. The zero-order chi connectivity index (χ0) is 13.7. The molecule has 0 aliphatic carbocycles. The summed E-state index contributed by atoms with van der Waals surface area (Å²) in [7, 11) is 0. The van der Waals surface area contributed by atoms with Crippen molar-refractivity contribution in [2.75, 3.05) is 6.54 Å². The summed E-state index contributed by atoms with van der Waals surface area (Å²) in [5, 5.41) is 12.4. The van der Waals surface area contributed by atoms with Gasteiger partial charge in [-0.1, -0.05) is 12.1 Å². The molecular weight excluding hydrogens is 260 g/mol. The van der Waals surface area contributed by atoms with Crippen molar-refractivity contribution in [3.63, 3.8) is 0 Å². The van der Waals surface area contributed by atoms with Crippen LogP contribution < -0.4 is 5.32 Å². The average molecular weight is 272 g/mol. The lowest BCUT2D eigenvalue weighted by molar-refractivity contribution is -0.115. The van der Waals surface area contributed by atoms with Crippen LogP contribution in [0, 0.1) is 12.3 Å². The summed E-state index contributed by atoms with van der Waals surface area (Å²) in [4.78, 5) is 16.5. The third-order valence-electron chi connectivity index (χ3n) is 2.35. The number of amidine groups is 1. The van der Waals surface area contributed by atoms with Gasteiger partial charge in [0, 0.05) is 6.42 Å². The molecule has 1 aliphatic heterocycles. The van der Waals surface area contributed by atoms with Crippen LogP contribution in [0.25, 0.3) is 6.08 Å². The predicted octanol–water partition coefficient (Wildman–Crippen LogP) is 1.98. The molecule has 19 heavy (non-hydrogen) atoms. The highest BCUT2D eigenvalue weighted by Gasteiger charge is 2.23. The summed E-state index contributed by atoms with van der Waals surface area (Å²) in [6, 6.07) is 6.63. The Morgan fingerprint density at radius 3 is 2.84 bits per heavy atom. The van der Waals surface area contributed by atoms with E-state index < -0.39 is 0 Å². The molecule has 1 aliphatic rings. The van der Waals surface area contributed by atoms with E-state index in [1.807, 2.05) is 0 Å². The lowest BCUT2D eigenvalue weighted by Gasteiger charge is -1.95. The largest absolute Gasteiger partial charge is 0.508 e. The number of hydrogen-bond donors (Lipinski definition) is 2. The van der Waals surface area contributed by atoms with Crippen molar-refractivity contribution < 1.29 is 9.90 Å². The van der Waals surface area contributed by atoms with E-state index in [2.05, 4.69) is 16.2 Å². The second-order valence-electron chi connectivity index (χ2n) is 3.80. The van der Waals surface area contributed by atoms with Crippen molar-refractivity contribution in [2.24, 2.45) is 4.99 Å². The van der Waals surface area contributed by atoms with E-state index in [-0.39, 0.29) is 11.7 Å². The molecule has 1 saturated heterocycles. The zero-order valence-corrected chi connectivity index (χ0v) is 10.9. The highest BCUT2D eigenvalue weighted by Crippen LogP contribution is 2.26. The van der Waals surface area contributed by atoms with Gasteiger partial charge in [-0.2, -0.15) is 0 Å². The first-order chi connectivity index (χ1) is 9.19. The number of benzene rings is 1. The zero-order valence-electron chi connectivity index (χ0n) is 10.1. The van der Waals surface area contributed by atoms with Gasteiger partial charge in [-0.15, -0.1) is 12.3 Å². The quantitative estimate of drug-likeness (QED) is 0.502. The number of nitrogens with zero attached hydrogens (tertiary/aromatic N) is 1. The Hall–Kier alpha value is -2.19. The molecule has 1 fully saturated rings. The van der Waals surface area contributed by atoms with Crippen molar-refractivity contribution in [1.29, 1.82) is 0 Å². The second-order valence-corrected chi connectivity index (χ2v) is 4.83.